The van der Waals surface area contributed by atoms with Gasteiger partial charge in [-0.2, -0.15) is 13.2 Å². The topological polar surface area (TPSA) is 69.3 Å². The van der Waals surface area contributed by atoms with Crippen molar-refractivity contribution in [2.45, 2.75) is 31.1 Å². The number of likely N-dealkylation sites (tertiary alicyclic amines) is 1. The predicted molar refractivity (Wildman–Crippen MR) is 119 cm³/mol. The van der Waals surface area contributed by atoms with Gasteiger partial charge in [-0.15, -0.1) is 0 Å². The monoisotopic (exact) mass is 549 g/mol. The van der Waals surface area contributed by atoms with Crippen molar-refractivity contribution in [3.05, 3.63) is 51.6 Å². The lowest BCUT2D eigenvalue weighted by atomic mass is 9.97. The van der Waals surface area contributed by atoms with Gasteiger partial charge in [-0.3, -0.25) is 4.90 Å². The number of piperidine rings is 1. The van der Waals surface area contributed by atoms with E-state index in [4.69, 9.17) is 0 Å². The molecule has 0 spiro atoms. The third-order valence-corrected chi connectivity index (χ3v) is 8.29. The van der Waals surface area contributed by atoms with Crippen LogP contribution in [0.1, 0.15) is 18.5 Å². The van der Waals surface area contributed by atoms with Crippen molar-refractivity contribution in [3.8, 4) is 0 Å². The molecule has 1 fully saturated rings. The molecule has 2 atom stereocenters. The van der Waals surface area contributed by atoms with Crippen LogP contribution < -0.4 is 16.0 Å². The Morgan fingerprint density at radius 1 is 1.29 bits per heavy atom. The summed E-state index contributed by atoms with van der Waals surface area (Å²) in [7, 11) is 2.02. The normalized spacial score (nSPS) is 21.4. The van der Waals surface area contributed by atoms with Crippen LogP contribution >= 0.6 is 20.7 Å². The molecule has 31 heavy (non-hydrogen) atoms. The SMILES string of the molecule is CN1CCC(NC(=O)Nc2ccc(C(F)(F)F)nc2)CC1C1=Ic2ccc(F)cc2N1. The fourth-order valence-corrected chi connectivity index (χ4v) is 6.66. The van der Waals surface area contributed by atoms with E-state index in [1.165, 1.54) is 21.8 Å². The summed E-state index contributed by atoms with van der Waals surface area (Å²) in [6.07, 6.45) is -2.10. The number of rotatable bonds is 3. The summed E-state index contributed by atoms with van der Waals surface area (Å²) in [5, 5.41) is 8.80. The Hall–Kier alpha value is -2.28. The number of carbonyl (C=O) groups is 1. The molecule has 1 saturated heterocycles. The second-order valence-electron chi connectivity index (χ2n) is 7.44. The highest BCUT2D eigenvalue weighted by Gasteiger charge is 2.33. The van der Waals surface area contributed by atoms with Crippen molar-refractivity contribution in [2.75, 3.05) is 24.2 Å². The van der Waals surface area contributed by atoms with Crippen LogP contribution in [-0.4, -0.2) is 45.2 Å². The lowest BCUT2D eigenvalue weighted by Gasteiger charge is -2.37. The molecule has 0 saturated carbocycles. The number of pyridine rings is 1. The molecule has 2 aromatic rings. The number of amides is 2. The quantitative estimate of drug-likeness (QED) is 0.397. The predicted octanol–water partition coefficient (Wildman–Crippen LogP) is 4.22. The standard InChI is InChI=1S/C20H20F4IN5O/c1-30-7-6-12(9-16(30)18-25-14-4-2-11(21)8-15(14)29-18)27-19(31)28-13-3-5-17(26-10-13)20(22,23)24/h2-5,8,10,12,16,29H,6-7,9H2,1H3,(H2,27,28,31). The second kappa shape index (κ2) is 8.69. The minimum absolute atomic E-state index is 0.0950. The first kappa shape index (κ1) is 21.9. The fourth-order valence-electron chi connectivity index (χ4n) is 3.58. The van der Waals surface area contributed by atoms with Gasteiger partial charge in [0.05, 0.1) is 27.2 Å². The lowest BCUT2D eigenvalue weighted by molar-refractivity contribution is -0.141. The van der Waals surface area contributed by atoms with Gasteiger partial charge in [-0.1, -0.05) is 20.7 Å². The molecule has 0 bridgehead atoms. The van der Waals surface area contributed by atoms with E-state index in [0.717, 1.165) is 34.5 Å². The number of alkyl halides is 3. The van der Waals surface area contributed by atoms with Gasteiger partial charge >= 0.3 is 12.2 Å². The second-order valence-corrected chi connectivity index (χ2v) is 10.3. The number of hydrogen-bond acceptors (Lipinski definition) is 4. The summed E-state index contributed by atoms with van der Waals surface area (Å²) in [4.78, 5) is 17.9. The summed E-state index contributed by atoms with van der Waals surface area (Å²) in [6.45, 7) is 0.775. The Kier molecular flexibility index (Phi) is 6.15. The number of likely N-dealkylation sites (N-methyl/N-ethyl adjacent to an activating group) is 1. The lowest BCUT2D eigenvalue weighted by Crippen LogP contribution is -2.52. The van der Waals surface area contributed by atoms with Crippen LogP contribution in [0, 0.1) is 9.39 Å². The van der Waals surface area contributed by atoms with Crippen LogP contribution in [0.2, 0.25) is 0 Å². The van der Waals surface area contributed by atoms with Crippen LogP contribution in [0.15, 0.2) is 36.5 Å². The van der Waals surface area contributed by atoms with Gasteiger partial charge in [0.2, 0.25) is 0 Å². The maximum atomic E-state index is 13.5. The van der Waals surface area contributed by atoms with Crippen LogP contribution in [-0.2, 0) is 6.18 Å². The molecule has 1 aromatic carbocycles. The molecule has 3 N–H and O–H groups in total. The summed E-state index contributed by atoms with van der Waals surface area (Å²) in [5.41, 5.74) is -0.00846. The molecular weight excluding hydrogens is 529 g/mol. The number of carbonyl (C=O) groups excluding carboxylic acids is 1. The zero-order valence-electron chi connectivity index (χ0n) is 16.4. The number of anilines is 2. The number of aromatic nitrogens is 1. The smallest absolute Gasteiger partial charge is 0.352 e. The molecule has 1 aromatic heterocycles. The molecule has 0 aliphatic carbocycles. The average Bonchev–Trinajstić information content (AvgIpc) is 3.12. The van der Waals surface area contributed by atoms with Gasteiger partial charge in [-0.05, 0) is 50.2 Å². The highest BCUT2D eigenvalue weighted by Crippen LogP contribution is 2.34. The van der Waals surface area contributed by atoms with E-state index in [1.54, 1.807) is 0 Å². The zero-order chi connectivity index (χ0) is 22.2. The van der Waals surface area contributed by atoms with Gasteiger partial charge in [0.25, 0.3) is 0 Å². The van der Waals surface area contributed by atoms with Crippen LogP contribution in [0.4, 0.5) is 33.7 Å². The van der Waals surface area contributed by atoms with Gasteiger partial charge in [-0.25, -0.2) is 14.2 Å². The van der Waals surface area contributed by atoms with Gasteiger partial charge in [0.15, 0.2) is 0 Å². The Bertz CT molecular complexity index is 1010. The van der Waals surface area contributed by atoms with E-state index in [9.17, 15) is 22.4 Å². The number of nitrogens with one attached hydrogen (secondary N) is 3. The molecule has 0 radical (unpaired) electrons. The van der Waals surface area contributed by atoms with E-state index in [2.05, 4.69) is 25.8 Å². The molecule has 2 amide bonds. The molecule has 3 heterocycles. The summed E-state index contributed by atoms with van der Waals surface area (Å²) < 4.78 is 53.6. The summed E-state index contributed by atoms with van der Waals surface area (Å²) >= 11 is -0.434. The van der Waals surface area contributed by atoms with Crippen molar-refractivity contribution < 1.29 is 22.4 Å². The third kappa shape index (κ3) is 5.14. The molecule has 166 valence electrons. The van der Waals surface area contributed by atoms with E-state index in [0.29, 0.717) is 6.42 Å². The van der Waals surface area contributed by atoms with Gasteiger partial charge in [0.1, 0.15) is 11.5 Å². The number of hydrogen-bond donors (Lipinski definition) is 3. The molecule has 6 nitrogen and oxygen atoms in total. The molecule has 2 aliphatic heterocycles. The van der Waals surface area contributed by atoms with Gasteiger partial charge < -0.3 is 16.0 Å². The maximum absolute atomic E-state index is 13.5. The number of halogens is 5. The number of nitrogens with zero attached hydrogens (tertiary/aromatic N) is 2. The van der Waals surface area contributed by atoms with Crippen molar-refractivity contribution >= 4 is 41.8 Å². The molecule has 2 unspecified atom stereocenters. The van der Waals surface area contributed by atoms with E-state index >= 15 is 0 Å². The summed E-state index contributed by atoms with van der Waals surface area (Å²) in [6, 6.07) is 6.32. The van der Waals surface area contributed by atoms with E-state index in [-0.39, 0.29) is 23.6 Å². The van der Waals surface area contributed by atoms with Gasteiger partial charge in [0, 0.05) is 16.2 Å². The third-order valence-electron chi connectivity index (χ3n) is 5.20. The highest BCUT2D eigenvalue weighted by molar-refractivity contribution is 14.2. The fraction of sp³-hybridized carbons (Fsp3) is 0.350. The van der Waals surface area contributed by atoms with Crippen molar-refractivity contribution in [1.29, 1.82) is 0 Å². The Labute approximate surface area is 186 Å². The molecule has 11 heteroatoms. The van der Waals surface area contributed by atoms with Crippen molar-refractivity contribution in [1.82, 2.24) is 15.2 Å². The number of benzene rings is 1. The van der Waals surface area contributed by atoms with Crippen LogP contribution in [0.3, 0.4) is 0 Å². The average molecular weight is 549 g/mol. The Balaban J connectivity index is 1.36. The minimum atomic E-state index is -4.52. The molecule has 2 aliphatic rings. The van der Waals surface area contributed by atoms with Crippen molar-refractivity contribution in [3.63, 3.8) is 0 Å². The summed E-state index contributed by atoms with van der Waals surface area (Å²) in [5.74, 6) is -0.275. The molecular formula is C20H20F4IN5O. The minimum Gasteiger partial charge on any atom is -0.352 e. The van der Waals surface area contributed by atoms with Crippen molar-refractivity contribution in [2.24, 2.45) is 0 Å². The zero-order valence-corrected chi connectivity index (χ0v) is 18.6. The Morgan fingerprint density at radius 3 is 2.81 bits per heavy atom. The Morgan fingerprint density at radius 2 is 2.10 bits per heavy atom. The number of fused-ring (bicyclic) bond motifs is 1. The van der Waals surface area contributed by atoms with E-state index in [1.807, 2.05) is 13.1 Å². The maximum Gasteiger partial charge on any atom is 0.433 e. The van der Waals surface area contributed by atoms with Crippen LogP contribution in [0.5, 0.6) is 0 Å². The first-order chi connectivity index (χ1) is 14.7. The highest BCUT2D eigenvalue weighted by atomic mass is 127. The van der Waals surface area contributed by atoms with E-state index < -0.39 is 38.6 Å². The van der Waals surface area contributed by atoms with Crippen LogP contribution in [0.25, 0.3) is 0 Å². The number of urea groups is 1. The first-order valence-corrected chi connectivity index (χ1v) is 11.7. The molecule has 4 rings (SSSR count). The first-order valence-electron chi connectivity index (χ1n) is 9.58. The largest absolute Gasteiger partial charge is 0.433 e.